The molecule has 3 rings (SSSR count). The summed E-state index contributed by atoms with van der Waals surface area (Å²) in [5, 5.41) is 0. The van der Waals surface area contributed by atoms with Crippen LogP contribution in [0, 0.1) is 18.6 Å². The van der Waals surface area contributed by atoms with Crippen molar-refractivity contribution in [3.8, 4) is 0 Å². The number of H-pyrrole nitrogens is 1. The Hall–Kier alpha value is -1.81. The van der Waals surface area contributed by atoms with Crippen LogP contribution in [0.4, 0.5) is 0 Å². The number of hydrogen-bond acceptors (Lipinski definition) is 2. The standard InChI is InChI=1S/C14H14N2OS/c1-9-5-12-13(6-10(9)2)16(14(18)15-12)7-11-3-4-17-8-11/h3-6,8H,7H2,1-2H3,(H,15,18). The zero-order valence-electron chi connectivity index (χ0n) is 10.4. The van der Waals surface area contributed by atoms with Gasteiger partial charge in [0.25, 0.3) is 0 Å². The molecule has 0 aliphatic carbocycles. The second-order valence-electron chi connectivity index (χ2n) is 4.60. The molecule has 0 aliphatic heterocycles. The van der Waals surface area contributed by atoms with Crippen molar-refractivity contribution >= 4 is 23.3 Å². The zero-order chi connectivity index (χ0) is 12.7. The van der Waals surface area contributed by atoms with E-state index < -0.39 is 0 Å². The fourth-order valence-corrected chi connectivity index (χ4v) is 2.41. The number of aryl methyl sites for hydroxylation is 2. The first-order chi connectivity index (χ1) is 8.65. The molecule has 0 saturated heterocycles. The van der Waals surface area contributed by atoms with Gasteiger partial charge in [-0.05, 0) is 55.4 Å². The Bertz CT molecular complexity index is 750. The minimum absolute atomic E-state index is 0.734. The molecule has 1 aromatic carbocycles. The van der Waals surface area contributed by atoms with Gasteiger partial charge in [0, 0.05) is 5.56 Å². The average molecular weight is 258 g/mol. The van der Waals surface area contributed by atoms with E-state index >= 15 is 0 Å². The summed E-state index contributed by atoms with van der Waals surface area (Å²) in [4.78, 5) is 3.25. The van der Waals surface area contributed by atoms with Crippen molar-refractivity contribution in [1.29, 1.82) is 0 Å². The first-order valence-electron chi connectivity index (χ1n) is 5.86. The highest BCUT2D eigenvalue weighted by molar-refractivity contribution is 7.71. The van der Waals surface area contributed by atoms with Crippen molar-refractivity contribution in [1.82, 2.24) is 9.55 Å². The van der Waals surface area contributed by atoms with E-state index in [0.717, 1.165) is 27.9 Å². The number of imidazole rings is 1. The van der Waals surface area contributed by atoms with Gasteiger partial charge in [0.05, 0.1) is 30.1 Å². The number of nitrogens with zero attached hydrogens (tertiary/aromatic N) is 1. The van der Waals surface area contributed by atoms with Gasteiger partial charge in [-0.2, -0.15) is 0 Å². The fourth-order valence-electron chi connectivity index (χ4n) is 2.14. The van der Waals surface area contributed by atoms with Crippen LogP contribution in [-0.2, 0) is 6.54 Å². The van der Waals surface area contributed by atoms with Crippen LogP contribution in [-0.4, -0.2) is 9.55 Å². The van der Waals surface area contributed by atoms with Gasteiger partial charge in [-0.25, -0.2) is 0 Å². The van der Waals surface area contributed by atoms with E-state index in [0.29, 0.717) is 0 Å². The van der Waals surface area contributed by atoms with Crippen molar-refractivity contribution < 1.29 is 4.42 Å². The second kappa shape index (κ2) is 4.14. The molecule has 18 heavy (non-hydrogen) atoms. The normalized spacial score (nSPS) is 11.2. The SMILES string of the molecule is Cc1cc2[nH]c(=S)n(Cc3ccoc3)c2cc1C. The number of hydrogen-bond donors (Lipinski definition) is 1. The lowest BCUT2D eigenvalue weighted by Crippen LogP contribution is -1.98. The van der Waals surface area contributed by atoms with Crippen LogP contribution >= 0.6 is 12.2 Å². The highest BCUT2D eigenvalue weighted by atomic mass is 32.1. The summed E-state index contributed by atoms with van der Waals surface area (Å²) < 4.78 is 7.95. The predicted octanol–water partition coefficient (Wildman–Crippen LogP) is 3.96. The highest BCUT2D eigenvalue weighted by Crippen LogP contribution is 2.20. The molecule has 0 aliphatic rings. The Morgan fingerprint density at radius 3 is 2.78 bits per heavy atom. The van der Waals surface area contributed by atoms with Crippen LogP contribution in [0.1, 0.15) is 16.7 Å². The van der Waals surface area contributed by atoms with Gasteiger partial charge < -0.3 is 14.0 Å². The Balaban J connectivity index is 2.19. The number of furan rings is 1. The van der Waals surface area contributed by atoms with Gasteiger partial charge in [-0.15, -0.1) is 0 Å². The lowest BCUT2D eigenvalue weighted by atomic mass is 10.1. The number of aromatic amines is 1. The molecular weight excluding hydrogens is 244 g/mol. The molecule has 0 radical (unpaired) electrons. The van der Waals surface area contributed by atoms with Crippen LogP contribution in [0.5, 0.6) is 0 Å². The van der Waals surface area contributed by atoms with Crippen molar-refractivity contribution in [3.63, 3.8) is 0 Å². The largest absolute Gasteiger partial charge is 0.472 e. The molecule has 92 valence electrons. The number of nitrogens with one attached hydrogen (secondary N) is 1. The Morgan fingerprint density at radius 1 is 1.28 bits per heavy atom. The van der Waals surface area contributed by atoms with Crippen molar-refractivity contribution in [2.24, 2.45) is 0 Å². The van der Waals surface area contributed by atoms with E-state index in [9.17, 15) is 0 Å². The van der Waals surface area contributed by atoms with Crippen molar-refractivity contribution in [3.05, 3.63) is 52.2 Å². The lowest BCUT2D eigenvalue weighted by molar-refractivity contribution is 0.562. The molecule has 0 fully saturated rings. The number of fused-ring (bicyclic) bond motifs is 1. The van der Waals surface area contributed by atoms with Gasteiger partial charge >= 0.3 is 0 Å². The minimum Gasteiger partial charge on any atom is -0.472 e. The first kappa shape index (κ1) is 11.3. The Morgan fingerprint density at radius 2 is 2.06 bits per heavy atom. The van der Waals surface area contributed by atoms with Crippen LogP contribution in [0.3, 0.4) is 0 Å². The van der Waals surface area contributed by atoms with Crippen molar-refractivity contribution in [2.75, 3.05) is 0 Å². The summed E-state index contributed by atoms with van der Waals surface area (Å²) in [6.07, 6.45) is 3.44. The molecule has 0 unspecified atom stereocenters. The third kappa shape index (κ3) is 1.78. The van der Waals surface area contributed by atoms with Gasteiger partial charge in [0.1, 0.15) is 0 Å². The molecule has 0 spiro atoms. The quantitative estimate of drug-likeness (QED) is 0.706. The van der Waals surface area contributed by atoms with Crippen molar-refractivity contribution in [2.45, 2.75) is 20.4 Å². The fraction of sp³-hybridized carbons (Fsp3) is 0.214. The van der Waals surface area contributed by atoms with Gasteiger partial charge in [-0.1, -0.05) is 0 Å². The monoisotopic (exact) mass is 258 g/mol. The van der Waals surface area contributed by atoms with Crippen LogP contribution in [0.25, 0.3) is 11.0 Å². The van der Waals surface area contributed by atoms with E-state index in [-0.39, 0.29) is 0 Å². The van der Waals surface area contributed by atoms with Gasteiger partial charge in [-0.3, -0.25) is 0 Å². The molecule has 3 nitrogen and oxygen atoms in total. The second-order valence-corrected chi connectivity index (χ2v) is 4.99. The zero-order valence-corrected chi connectivity index (χ0v) is 11.2. The topological polar surface area (TPSA) is 33.9 Å². The third-order valence-corrected chi connectivity index (χ3v) is 3.63. The van der Waals surface area contributed by atoms with Crippen LogP contribution < -0.4 is 0 Å². The maximum absolute atomic E-state index is 5.39. The number of rotatable bonds is 2. The molecule has 0 amide bonds. The Kier molecular flexibility index (Phi) is 2.59. The summed E-state index contributed by atoms with van der Waals surface area (Å²) in [5.74, 6) is 0. The van der Waals surface area contributed by atoms with Crippen LogP contribution in [0.15, 0.2) is 35.1 Å². The molecule has 0 saturated carbocycles. The third-order valence-electron chi connectivity index (χ3n) is 3.31. The highest BCUT2D eigenvalue weighted by Gasteiger charge is 2.07. The molecule has 3 aromatic rings. The van der Waals surface area contributed by atoms with E-state index in [1.54, 1.807) is 12.5 Å². The minimum atomic E-state index is 0.734. The van der Waals surface area contributed by atoms with Gasteiger partial charge in [0.2, 0.25) is 0 Å². The van der Waals surface area contributed by atoms with E-state index in [1.165, 1.54) is 11.1 Å². The summed E-state index contributed by atoms with van der Waals surface area (Å²) in [7, 11) is 0. The summed E-state index contributed by atoms with van der Waals surface area (Å²) in [6, 6.07) is 6.28. The summed E-state index contributed by atoms with van der Waals surface area (Å²) in [5.41, 5.74) is 5.90. The maximum Gasteiger partial charge on any atom is 0.178 e. The molecular formula is C14H14N2OS. The molecule has 4 heteroatoms. The molecule has 0 bridgehead atoms. The molecule has 1 N–H and O–H groups in total. The number of benzene rings is 1. The van der Waals surface area contributed by atoms with Gasteiger partial charge in [0.15, 0.2) is 4.77 Å². The predicted molar refractivity (Wildman–Crippen MR) is 74.4 cm³/mol. The molecule has 2 aromatic heterocycles. The number of aromatic nitrogens is 2. The summed E-state index contributed by atoms with van der Waals surface area (Å²) >= 11 is 5.39. The summed E-state index contributed by atoms with van der Waals surface area (Å²) in [6.45, 7) is 4.96. The average Bonchev–Trinajstić information content (AvgIpc) is 2.92. The van der Waals surface area contributed by atoms with Crippen LogP contribution in [0.2, 0.25) is 0 Å². The molecule has 2 heterocycles. The smallest absolute Gasteiger partial charge is 0.178 e. The molecule has 0 atom stereocenters. The first-order valence-corrected chi connectivity index (χ1v) is 6.27. The van der Waals surface area contributed by atoms with E-state index in [4.69, 9.17) is 16.6 Å². The van der Waals surface area contributed by atoms with E-state index in [2.05, 4.69) is 35.5 Å². The van der Waals surface area contributed by atoms with E-state index in [1.807, 2.05) is 6.07 Å². The Labute approximate surface area is 110 Å². The lowest BCUT2D eigenvalue weighted by Gasteiger charge is -2.04. The maximum atomic E-state index is 5.39.